The van der Waals surface area contributed by atoms with Crippen LogP contribution in [0.2, 0.25) is 0 Å². The van der Waals surface area contributed by atoms with Crippen molar-refractivity contribution in [3.05, 3.63) is 0 Å². The molecule has 0 aromatic rings. The van der Waals surface area contributed by atoms with Crippen molar-refractivity contribution in [2.24, 2.45) is 0 Å². The van der Waals surface area contributed by atoms with Gasteiger partial charge in [-0.25, -0.2) is 0 Å². The third-order valence-corrected chi connectivity index (χ3v) is 3.15. The molecular weight excluding hydrogens is 152 g/mol. The van der Waals surface area contributed by atoms with Crippen molar-refractivity contribution in [2.45, 2.75) is 38.0 Å². The zero-order valence-electron chi connectivity index (χ0n) is 7.66. The lowest BCUT2D eigenvalue weighted by atomic mass is 10.1. The second kappa shape index (κ2) is 3.32. The Balaban J connectivity index is 1.91. The Hall–Kier alpha value is -0.120. The standard InChI is InChI=1S/C9H18N2O/c1-7-9(2-4-10-7)11-5-3-8(12)6-11/h7-10,12H,2-6H2,1H3/t7-,8+,9-/m0/s1. The van der Waals surface area contributed by atoms with E-state index < -0.39 is 0 Å². The smallest absolute Gasteiger partial charge is 0.0679 e. The molecule has 0 saturated carbocycles. The molecule has 3 atom stereocenters. The quantitative estimate of drug-likeness (QED) is 0.572. The van der Waals surface area contributed by atoms with Crippen LogP contribution >= 0.6 is 0 Å². The van der Waals surface area contributed by atoms with Gasteiger partial charge < -0.3 is 10.4 Å². The predicted molar refractivity (Wildman–Crippen MR) is 48.1 cm³/mol. The summed E-state index contributed by atoms with van der Waals surface area (Å²) in [5.74, 6) is 0. The fourth-order valence-electron chi connectivity index (χ4n) is 2.41. The van der Waals surface area contributed by atoms with Gasteiger partial charge in [0.05, 0.1) is 6.10 Å². The van der Waals surface area contributed by atoms with E-state index >= 15 is 0 Å². The van der Waals surface area contributed by atoms with E-state index in [2.05, 4.69) is 17.1 Å². The number of likely N-dealkylation sites (tertiary alicyclic amines) is 1. The summed E-state index contributed by atoms with van der Waals surface area (Å²) in [6, 6.07) is 1.28. The fourth-order valence-corrected chi connectivity index (χ4v) is 2.41. The van der Waals surface area contributed by atoms with Gasteiger partial charge >= 0.3 is 0 Å². The van der Waals surface area contributed by atoms with Crippen LogP contribution in [-0.4, -0.2) is 47.8 Å². The van der Waals surface area contributed by atoms with Crippen molar-refractivity contribution in [3.63, 3.8) is 0 Å². The first-order valence-corrected chi connectivity index (χ1v) is 4.93. The summed E-state index contributed by atoms with van der Waals surface area (Å²) in [5, 5.41) is 12.8. The molecule has 2 aliphatic heterocycles. The molecule has 12 heavy (non-hydrogen) atoms. The minimum atomic E-state index is -0.0715. The lowest BCUT2D eigenvalue weighted by Gasteiger charge is -2.26. The van der Waals surface area contributed by atoms with E-state index in [0.717, 1.165) is 26.1 Å². The monoisotopic (exact) mass is 170 g/mol. The summed E-state index contributed by atoms with van der Waals surface area (Å²) in [5.41, 5.74) is 0. The highest BCUT2D eigenvalue weighted by Crippen LogP contribution is 2.20. The molecule has 0 spiro atoms. The Morgan fingerprint density at radius 2 is 2.25 bits per heavy atom. The molecule has 3 nitrogen and oxygen atoms in total. The molecule has 70 valence electrons. The first-order valence-electron chi connectivity index (χ1n) is 4.93. The third kappa shape index (κ3) is 1.49. The summed E-state index contributed by atoms with van der Waals surface area (Å²) in [6.45, 7) is 5.34. The lowest BCUT2D eigenvalue weighted by molar-refractivity contribution is 0.155. The van der Waals surface area contributed by atoms with Gasteiger partial charge in [0, 0.05) is 25.2 Å². The molecule has 2 rings (SSSR count). The van der Waals surface area contributed by atoms with E-state index in [1.807, 2.05) is 0 Å². The van der Waals surface area contributed by atoms with Crippen LogP contribution in [0.4, 0.5) is 0 Å². The molecule has 0 aromatic heterocycles. The molecule has 2 aliphatic rings. The van der Waals surface area contributed by atoms with Crippen LogP contribution in [0.25, 0.3) is 0 Å². The van der Waals surface area contributed by atoms with E-state index in [0.29, 0.717) is 12.1 Å². The first kappa shape index (κ1) is 8.48. The normalized spacial score (nSPS) is 44.0. The first-order chi connectivity index (χ1) is 5.77. The molecule has 3 heteroatoms. The minimum absolute atomic E-state index is 0.0715. The van der Waals surface area contributed by atoms with Crippen LogP contribution in [0, 0.1) is 0 Å². The van der Waals surface area contributed by atoms with Crippen molar-refractivity contribution in [1.82, 2.24) is 10.2 Å². The average Bonchev–Trinajstić information content (AvgIpc) is 2.58. The van der Waals surface area contributed by atoms with Gasteiger partial charge in [-0.2, -0.15) is 0 Å². The molecule has 2 heterocycles. The number of nitrogens with one attached hydrogen (secondary N) is 1. The molecule has 0 aromatic carbocycles. The molecule has 0 unspecified atom stereocenters. The average molecular weight is 170 g/mol. The number of rotatable bonds is 1. The topological polar surface area (TPSA) is 35.5 Å². The summed E-state index contributed by atoms with van der Waals surface area (Å²) < 4.78 is 0. The van der Waals surface area contributed by atoms with Crippen LogP contribution in [0.5, 0.6) is 0 Å². The van der Waals surface area contributed by atoms with Crippen molar-refractivity contribution >= 4 is 0 Å². The molecule has 0 amide bonds. The summed E-state index contributed by atoms with van der Waals surface area (Å²) in [7, 11) is 0. The molecule has 2 fully saturated rings. The zero-order chi connectivity index (χ0) is 8.55. The SMILES string of the molecule is C[C@@H]1NCC[C@@H]1N1CC[C@@H](O)C1. The van der Waals surface area contributed by atoms with Gasteiger partial charge in [-0.05, 0) is 26.3 Å². The van der Waals surface area contributed by atoms with E-state index in [-0.39, 0.29) is 6.10 Å². The fraction of sp³-hybridized carbons (Fsp3) is 1.00. The van der Waals surface area contributed by atoms with Gasteiger partial charge in [-0.3, -0.25) is 4.90 Å². The Kier molecular flexibility index (Phi) is 2.35. The van der Waals surface area contributed by atoms with Crippen molar-refractivity contribution in [2.75, 3.05) is 19.6 Å². The zero-order valence-corrected chi connectivity index (χ0v) is 7.66. The van der Waals surface area contributed by atoms with Crippen LogP contribution < -0.4 is 5.32 Å². The highest BCUT2D eigenvalue weighted by molar-refractivity contribution is 4.91. The molecule has 2 saturated heterocycles. The van der Waals surface area contributed by atoms with E-state index in [4.69, 9.17) is 0 Å². The maximum absolute atomic E-state index is 9.38. The van der Waals surface area contributed by atoms with Crippen molar-refractivity contribution in [1.29, 1.82) is 0 Å². The lowest BCUT2D eigenvalue weighted by Crippen LogP contribution is -2.41. The largest absolute Gasteiger partial charge is 0.392 e. The van der Waals surface area contributed by atoms with E-state index in [1.165, 1.54) is 6.42 Å². The second-order valence-corrected chi connectivity index (χ2v) is 4.04. The molecular formula is C9H18N2O. The van der Waals surface area contributed by atoms with Crippen LogP contribution in [-0.2, 0) is 0 Å². The van der Waals surface area contributed by atoms with Crippen molar-refractivity contribution in [3.8, 4) is 0 Å². The van der Waals surface area contributed by atoms with Gasteiger partial charge in [0.15, 0.2) is 0 Å². The Morgan fingerprint density at radius 1 is 1.42 bits per heavy atom. The molecule has 2 N–H and O–H groups in total. The van der Waals surface area contributed by atoms with Crippen LogP contribution in [0.3, 0.4) is 0 Å². The number of aliphatic hydroxyl groups is 1. The Bertz CT molecular complexity index is 163. The summed E-state index contributed by atoms with van der Waals surface area (Å²) in [4.78, 5) is 2.43. The number of nitrogens with zero attached hydrogens (tertiary/aromatic N) is 1. The minimum Gasteiger partial charge on any atom is -0.392 e. The maximum atomic E-state index is 9.38. The maximum Gasteiger partial charge on any atom is 0.0679 e. The Morgan fingerprint density at radius 3 is 2.75 bits per heavy atom. The summed E-state index contributed by atoms with van der Waals surface area (Å²) >= 11 is 0. The highest BCUT2D eigenvalue weighted by Gasteiger charge is 2.32. The molecule has 0 aliphatic carbocycles. The number of hydrogen-bond donors (Lipinski definition) is 2. The van der Waals surface area contributed by atoms with Gasteiger partial charge in [0.1, 0.15) is 0 Å². The van der Waals surface area contributed by atoms with Crippen LogP contribution in [0.1, 0.15) is 19.8 Å². The number of hydrogen-bond acceptors (Lipinski definition) is 3. The van der Waals surface area contributed by atoms with E-state index in [1.54, 1.807) is 0 Å². The van der Waals surface area contributed by atoms with Crippen LogP contribution in [0.15, 0.2) is 0 Å². The second-order valence-electron chi connectivity index (χ2n) is 4.04. The van der Waals surface area contributed by atoms with E-state index in [9.17, 15) is 5.11 Å². The molecule has 0 bridgehead atoms. The Labute approximate surface area is 73.8 Å². The predicted octanol–water partition coefficient (Wildman–Crippen LogP) is -0.197. The summed E-state index contributed by atoms with van der Waals surface area (Å²) in [6.07, 6.45) is 2.13. The number of aliphatic hydroxyl groups excluding tert-OH is 1. The van der Waals surface area contributed by atoms with Gasteiger partial charge in [-0.1, -0.05) is 0 Å². The van der Waals surface area contributed by atoms with Gasteiger partial charge in [-0.15, -0.1) is 0 Å². The van der Waals surface area contributed by atoms with Gasteiger partial charge in [0.25, 0.3) is 0 Å². The third-order valence-electron chi connectivity index (χ3n) is 3.15. The number of β-amino-alcohol motifs (C(OH)–C–C–N with tert-alkyl or cyclic N) is 1. The molecule has 0 radical (unpaired) electrons. The van der Waals surface area contributed by atoms with Gasteiger partial charge in [0.2, 0.25) is 0 Å². The van der Waals surface area contributed by atoms with Crippen molar-refractivity contribution < 1.29 is 5.11 Å². The highest BCUT2D eigenvalue weighted by atomic mass is 16.3.